The molecule has 1 aliphatic rings. The van der Waals surface area contributed by atoms with Crippen LogP contribution in [-0.4, -0.2) is 24.8 Å². The second-order valence-corrected chi connectivity index (χ2v) is 8.50. The number of methoxy groups -OCH3 is 1. The fourth-order valence-corrected chi connectivity index (χ4v) is 4.72. The van der Waals surface area contributed by atoms with E-state index in [1.165, 1.54) is 17.8 Å². The molecule has 0 radical (unpaired) electrons. The first kappa shape index (κ1) is 22.6. The van der Waals surface area contributed by atoms with E-state index in [0.29, 0.717) is 22.9 Å². The Morgan fingerprint density at radius 2 is 1.79 bits per heavy atom. The minimum absolute atomic E-state index is 0.0386. The van der Waals surface area contributed by atoms with Crippen molar-refractivity contribution < 1.29 is 23.1 Å². The Kier molecular flexibility index (Phi) is 6.50. The van der Waals surface area contributed by atoms with Gasteiger partial charge in [-0.05, 0) is 54.4 Å². The first-order valence-corrected chi connectivity index (χ1v) is 11.1. The largest absolute Gasteiger partial charge is 0.495 e. The fourth-order valence-electron chi connectivity index (χ4n) is 3.56. The summed E-state index contributed by atoms with van der Waals surface area (Å²) in [6, 6.07) is 15.3. The number of urea groups is 1. The molecule has 0 bridgehead atoms. The van der Waals surface area contributed by atoms with Gasteiger partial charge >= 0.3 is 6.03 Å². The number of rotatable bonds is 5. The highest BCUT2D eigenvalue weighted by Crippen LogP contribution is 2.45. The summed E-state index contributed by atoms with van der Waals surface area (Å²) in [5, 5.41) is 4.85. The Labute approximate surface area is 193 Å². The number of nitrogens with zero attached hydrogens (tertiary/aromatic N) is 1. The van der Waals surface area contributed by atoms with Crippen LogP contribution in [0.2, 0.25) is 0 Å². The molecule has 4 rings (SSSR count). The van der Waals surface area contributed by atoms with Crippen molar-refractivity contribution >= 4 is 40.8 Å². The molecular weight excluding hydrogens is 448 g/mol. The fraction of sp³-hybridized carbons (Fsp3) is 0.167. The average molecular weight is 470 g/mol. The number of halogens is 2. The molecule has 6 nitrogen and oxygen atoms in total. The highest BCUT2D eigenvalue weighted by Gasteiger charge is 2.35. The van der Waals surface area contributed by atoms with Crippen molar-refractivity contribution in [1.29, 1.82) is 0 Å². The van der Waals surface area contributed by atoms with E-state index in [2.05, 4.69) is 10.6 Å². The van der Waals surface area contributed by atoms with E-state index < -0.39 is 17.7 Å². The lowest BCUT2D eigenvalue weighted by Crippen LogP contribution is -2.28. The topological polar surface area (TPSA) is 70.7 Å². The lowest BCUT2D eigenvalue weighted by Gasteiger charge is -2.26. The monoisotopic (exact) mass is 469 g/mol. The van der Waals surface area contributed by atoms with Crippen LogP contribution in [0.4, 0.5) is 30.6 Å². The van der Waals surface area contributed by atoms with E-state index in [4.69, 9.17) is 4.74 Å². The molecule has 2 N–H and O–H groups in total. The molecule has 1 aliphatic heterocycles. The van der Waals surface area contributed by atoms with Gasteiger partial charge in [0.2, 0.25) is 5.91 Å². The van der Waals surface area contributed by atoms with Crippen molar-refractivity contribution in [1.82, 2.24) is 0 Å². The molecular formula is C24H21F2N3O3S. The summed E-state index contributed by atoms with van der Waals surface area (Å²) in [5.74, 6) is -1.17. The van der Waals surface area contributed by atoms with E-state index in [9.17, 15) is 18.4 Å². The van der Waals surface area contributed by atoms with Gasteiger partial charge in [0, 0.05) is 17.4 Å². The standard InChI is InChI=1S/C24H21F2N3O3S/c1-14-6-9-21(32-2)20(10-14)29-22(30)13-33-23(29)15-4-3-5-16(11-15)27-24(31)28-17-7-8-18(25)19(26)12-17/h3-12,23H,13H2,1-2H3,(H2,27,28,31). The predicted molar refractivity (Wildman–Crippen MR) is 126 cm³/mol. The molecule has 1 unspecified atom stereocenters. The van der Waals surface area contributed by atoms with Gasteiger partial charge in [-0.2, -0.15) is 0 Å². The minimum atomic E-state index is -1.05. The minimum Gasteiger partial charge on any atom is -0.495 e. The molecule has 170 valence electrons. The van der Waals surface area contributed by atoms with E-state index in [1.54, 1.807) is 30.2 Å². The van der Waals surface area contributed by atoms with Crippen molar-refractivity contribution in [2.75, 3.05) is 28.4 Å². The van der Waals surface area contributed by atoms with Crippen LogP contribution in [0.25, 0.3) is 0 Å². The Bertz CT molecular complexity index is 1220. The molecule has 33 heavy (non-hydrogen) atoms. The Morgan fingerprint density at radius 3 is 2.52 bits per heavy atom. The van der Waals surface area contributed by atoms with Crippen LogP contribution in [0.3, 0.4) is 0 Å². The number of hydrogen-bond donors (Lipinski definition) is 2. The third kappa shape index (κ3) is 4.93. The molecule has 3 aromatic rings. The highest BCUT2D eigenvalue weighted by atomic mass is 32.2. The molecule has 0 aliphatic carbocycles. The quantitative estimate of drug-likeness (QED) is 0.503. The van der Waals surface area contributed by atoms with Crippen LogP contribution in [0, 0.1) is 18.6 Å². The van der Waals surface area contributed by atoms with Gasteiger partial charge in [-0.3, -0.25) is 9.69 Å². The summed E-state index contributed by atoms with van der Waals surface area (Å²) in [6.07, 6.45) is 0. The van der Waals surface area contributed by atoms with Crippen LogP contribution in [-0.2, 0) is 4.79 Å². The number of carbonyl (C=O) groups excluding carboxylic acids is 2. The van der Waals surface area contributed by atoms with E-state index in [-0.39, 0.29) is 17.0 Å². The summed E-state index contributed by atoms with van der Waals surface area (Å²) in [4.78, 5) is 26.8. The first-order chi connectivity index (χ1) is 15.9. The van der Waals surface area contributed by atoms with Crippen LogP contribution < -0.4 is 20.3 Å². The van der Waals surface area contributed by atoms with Crippen molar-refractivity contribution in [3.05, 3.63) is 83.4 Å². The molecule has 1 heterocycles. The second kappa shape index (κ2) is 9.50. The van der Waals surface area contributed by atoms with Gasteiger partial charge in [-0.1, -0.05) is 18.2 Å². The zero-order valence-electron chi connectivity index (χ0n) is 17.9. The van der Waals surface area contributed by atoms with Gasteiger partial charge < -0.3 is 15.4 Å². The van der Waals surface area contributed by atoms with E-state index >= 15 is 0 Å². The number of aryl methyl sites for hydroxylation is 1. The van der Waals surface area contributed by atoms with Gasteiger partial charge in [-0.15, -0.1) is 11.8 Å². The van der Waals surface area contributed by atoms with Crippen LogP contribution in [0.1, 0.15) is 16.5 Å². The van der Waals surface area contributed by atoms with Crippen molar-refractivity contribution in [3.8, 4) is 5.75 Å². The van der Waals surface area contributed by atoms with E-state index in [1.807, 2.05) is 31.2 Å². The van der Waals surface area contributed by atoms with Crippen LogP contribution >= 0.6 is 11.8 Å². The Morgan fingerprint density at radius 1 is 1.03 bits per heavy atom. The summed E-state index contributed by atoms with van der Waals surface area (Å²) < 4.78 is 31.9. The molecule has 1 saturated heterocycles. The zero-order valence-corrected chi connectivity index (χ0v) is 18.7. The number of benzene rings is 3. The lowest BCUT2D eigenvalue weighted by molar-refractivity contribution is -0.115. The van der Waals surface area contributed by atoms with Gasteiger partial charge in [0.15, 0.2) is 11.6 Å². The van der Waals surface area contributed by atoms with E-state index in [0.717, 1.165) is 23.3 Å². The second-order valence-electron chi connectivity index (χ2n) is 7.44. The zero-order chi connectivity index (χ0) is 23.5. The maximum absolute atomic E-state index is 13.4. The average Bonchev–Trinajstić information content (AvgIpc) is 3.17. The number of thioether (sulfide) groups is 1. The van der Waals surface area contributed by atoms with Crippen LogP contribution in [0.5, 0.6) is 5.75 Å². The normalized spacial score (nSPS) is 15.5. The Hall–Kier alpha value is -3.59. The van der Waals surface area contributed by atoms with Crippen molar-refractivity contribution in [2.45, 2.75) is 12.3 Å². The summed E-state index contributed by atoms with van der Waals surface area (Å²) >= 11 is 1.48. The number of nitrogens with one attached hydrogen (secondary N) is 2. The van der Waals surface area contributed by atoms with Gasteiger partial charge in [0.05, 0.1) is 18.6 Å². The smallest absolute Gasteiger partial charge is 0.323 e. The molecule has 9 heteroatoms. The van der Waals surface area contributed by atoms with Crippen LogP contribution in [0.15, 0.2) is 60.7 Å². The number of anilines is 3. The maximum atomic E-state index is 13.4. The summed E-state index contributed by atoms with van der Waals surface area (Å²) in [6.45, 7) is 1.95. The number of amides is 3. The van der Waals surface area contributed by atoms with Gasteiger partial charge in [0.25, 0.3) is 0 Å². The third-order valence-electron chi connectivity index (χ3n) is 5.07. The summed E-state index contributed by atoms with van der Waals surface area (Å²) in [5.41, 5.74) is 3.12. The highest BCUT2D eigenvalue weighted by molar-refractivity contribution is 8.00. The lowest BCUT2D eigenvalue weighted by atomic mass is 10.1. The molecule has 1 atom stereocenters. The first-order valence-electron chi connectivity index (χ1n) is 10.1. The van der Waals surface area contributed by atoms with Gasteiger partial charge in [-0.25, -0.2) is 13.6 Å². The number of carbonyl (C=O) groups is 2. The number of ether oxygens (including phenoxy) is 1. The number of hydrogen-bond acceptors (Lipinski definition) is 4. The summed E-state index contributed by atoms with van der Waals surface area (Å²) in [7, 11) is 1.56. The third-order valence-corrected chi connectivity index (χ3v) is 6.28. The SMILES string of the molecule is COc1ccc(C)cc1N1C(=O)CSC1c1cccc(NC(=O)Nc2ccc(F)c(F)c2)c1. The van der Waals surface area contributed by atoms with Crippen molar-refractivity contribution in [2.24, 2.45) is 0 Å². The molecule has 1 fully saturated rings. The predicted octanol–water partition coefficient (Wildman–Crippen LogP) is 5.70. The van der Waals surface area contributed by atoms with Gasteiger partial charge in [0.1, 0.15) is 11.1 Å². The molecule has 0 saturated carbocycles. The molecule has 3 amide bonds. The molecule has 0 spiro atoms. The maximum Gasteiger partial charge on any atom is 0.323 e. The Balaban J connectivity index is 1.55. The van der Waals surface area contributed by atoms with Crippen molar-refractivity contribution in [3.63, 3.8) is 0 Å². The molecule has 0 aromatic heterocycles. The molecule has 3 aromatic carbocycles.